The number of rotatable bonds is 5. The number of carboxylic acids is 1. The number of ketones is 1. The molecular formula is C20H25NO4. The Kier molecular flexibility index (Phi) is 4.93. The number of benzene rings is 1. The fraction of sp³-hybridized carbons (Fsp3) is 0.550. The summed E-state index contributed by atoms with van der Waals surface area (Å²) in [7, 11) is 0. The molecular weight excluding hydrogens is 318 g/mol. The second-order valence-electron chi connectivity index (χ2n) is 7.54. The lowest BCUT2D eigenvalue weighted by molar-refractivity contribution is -0.147. The van der Waals surface area contributed by atoms with Gasteiger partial charge in [-0.05, 0) is 56.2 Å². The van der Waals surface area contributed by atoms with Crippen LogP contribution in [0.4, 0.5) is 0 Å². The molecule has 1 aromatic carbocycles. The molecule has 5 heteroatoms. The zero-order valence-corrected chi connectivity index (χ0v) is 14.7. The van der Waals surface area contributed by atoms with E-state index in [1.54, 1.807) is 11.8 Å². The van der Waals surface area contributed by atoms with E-state index >= 15 is 0 Å². The van der Waals surface area contributed by atoms with Crippen LogP contribution < -0.4 is 0 Å². The highest BCUT2D eigenvalue weighted by molar-refractivity contribution is 5.98. The Hall–Kier alpha value is -2.17. The van der Waals surface area contributed by atoms with Crippen molar-refractivity contribution in [3.05, 3.63) is 34.9 Å². The molecule has 1 saturated heterocycles. The summed E-state index contributed by atoms with van der Waals surface area (Å²) in [5.41, 5.74) is 2.42. The normalized spacial score (nSPS) is 22.5. The van der Waals surface area contributed by atoms with Crippen LogP contribution >= 0.6 is 0 Å². The molecule has 0 bridgehead atoms. The third-order valence-corrected chi connectivity index (χ3v) is 5.58. The number of Topliss-reactive ketones (excluding diaryl/α,β-unsaturated/α-hetero) is 1. The summed E-state index contributed by atoms with van der Waals surface area (Å²) < 4.78 is 0. The maximum absolute atomic E-state index is 12.4. The Bertz CT molecular complexity index is 712. The standard InChI is InChI=1S/C20H25NO4/c1-20(19(24)25)10-11-21(13-20)18(23)9-8-17(22)16-7-6-14-4-2-3-5-15(14)12-16/h6-7,12H,2-5,8-11,13H2,1H3,(H,24,25). The molecule has 1 N–H and O–H groups in total. The average Bonchev–Trinajstić information content (AvgIpc) is 3.03. The van der Waals surface area contributed by atoms with E-state index < -0.39 is 11.4 Å². The van der Waals surface area contributed by atoms with Gasteiger partial charge in [0.2, 0.25) is 5.91 Å². The minimum absolute atomic E-state index is 0.0121. The predicted octanol–water partition coefficient (Wildman–Crippen LogP) is 2.85. The number of fused-ring (bicyclic) bond motifs is 1. The molecule has 1 heterocycles. The molecule has 1 unspecified atom stereocenters. The van der Waals surface area contributed by atoms with Crippen LogP contribution in [0.2, 0.25) is 0 Å². The van der Waals surface area contributed by atoms with Crippen LogP contribution in [0, 0.1) is 5.41 Å². The van der Waals surface area contributed by atoms with E-state index in [-0.39, 0.29) is 31.1 Å². The summed E-state index contributed by atoms with van der Waals surface area (Å²) in [4.78, 5) is 37.6. The maximum Gasteiger partial charge on any atom is 0.311 e. The first-order chi connectivity index (χ1) is 11.9. The molecule has 0 spiro atoms. The topological polar surface area (TPSA) is 74.7 Å². The van der Waals surface area contributed by atoms with Crippen LogP contribution in [-0.4, -0.2) is 40.8 Å². The third kappa shape index (κ3) is 3.75. The van der Waals surface area contributed by atoms with Gasteiger partial charge in [0.15, 0.2) is 5.78 Å². The Balaban J connectivity index is 1.56. The lowest BCUT2D eigenvalue weighted by Crippen LogP contribution is -2.34. The van der Waals surface area contributed by atoms with Crippen LogP contribution in [-0.2, 0) is 22.4 Å². The van der Waals surface area contributed by atoms with Gasteiger partial charge in [0, 0.05) is 31.5 Å². The molecule has 1 aliphatic heterocycles. The van der Waals surface area contributed by atoms with E-state index in [1.807, 2.05) is 18.2 Å². The van der Waals surface area contributed by atoms with Crippen LogP contribution in [0.15, 0.2) is 18.2 Å². The van der Waals surface area contributed by atoms with Gasteiger partial charge in [0.05, 0.1) is 5.41 Å². The van der Waals surface area contributed by atoms with Crippen molar-refractivity contribution in [3.63, 3.8) is 0 Å². The minimum Gasteiger partial charge on any atom is -0.481 e. The Morgan fingerprint density at radius 3 is 2.52 bits per heavy atom. The summed E-state index contributed by atoms with van der Waals surface area (Å²) in [6.07, 6.45) is 5.27. The molecule has 1 aromatic rings. The van der Waals surface area contributed by atoms with Gasteiger partial charge in [-0.3, -0.25) is 14.4 Å². The van der Waals surface area contributed by atoms with E-state index in [1.165, 1.54) is 24.0 Å². The molecule has 1 fully saturated rings. The van der Waals surface area contributed by atoms with Gasteiger partial charge in [0.25, 0.3) is 0 Å². The lowest BCUT2D eigenvalue weighted by Gasteiger charge is -2.20. The molecule has 1 amide bonds. The van der Waals surface area contributed by atoms with E-state index in [0.717, 1.165) is 12.8 Å². The first kappa shape index (κ1) is 17.6. The number of aliphatic carboxylic acids is 1. The second kappa shape index (κ2) is 6.98. The quantitative estimate of drug-likeness (QED) is 0.834. The number of carboxylic acid groups (broad SMARTS) is 1. The van der Waals surface area contributed by atoms with Gasteiger partial charge in [-0.2, -0.15) is 0 Å². The monoisotopic (exact) mass is 343 g/mol. The fourth-order valence-electron chi connectivity index (χ4n) is 3.78. The summed E-state index contributed by atoms with van der Waals surface area (Å²) in [6.45, 7) is 2.35. The van der Waals surface area contributed by atoms with Gasteiger partial charge in [-0.15, -0.1) is 0 Å². The van der Waals surface area contributed by atoms with E-state index in [2.05, 4.69) is 0 Å². The molecule has 134 valence electrons. The van der Waals surface area contributed by atoms with Gasteiger partial charge < -0.3 is 10.0 Å². The highest BCUT2D eigenvalue weighted by Gasteiger charge is 2.41. The molecule has 1 atom stereocenters. The van der Waals surface area contributed by atoms with Gasteiger partial charge >= 0.3 is 5.97 Å². The maximum atomic E-state index is 12.4. The van der Waals surface area contributed by atoms with Crippen molar-refractivity contribution < 1.29 is 19.5 Å². The zero-order valence-electron chi connectivity index (χ0n) is 14.7. The van der Waals surface area contributed by atoms with Crippen LogP contribution in [0.1, 0.15) is 60.5 Å². The fourth-order valence-corrected chi connectivity index (χ4v) is 3.78. The highest BCUT2D eigenvalue weighted by Crippen LogP contribution is 2.30. The molecule has 1 aliphatic carbocycles. The van der Waals surface area contributed by atoms with Crippen molar-refractivity contribution in [3.8, 4) is 0 Å². The van der Waals surface area contributed by atoms with E-state index in [0.29, 0.717) is 18.5 Å². The second-order valence-corrected chi connectivity index (χ2v) is 7.54. The first-order valence-electron chi connectivity index (χ1n) is 9.05. The third-order valence-electron chi connectivity index (χ3n) is 5.58. The smallest absolute Gasteiger partial charge is 0.311 e. The zero-order chi connectivity index (χ0) is 18.0. The minimum atomic E-state index is -0.868. The van der Waals surface area contributed by atoms with Crippen molar-refractivity contribution in [1.82, 2.24) is 4.90 Å². The number of amides is 1. The predicted molar refractivity (Wildman–Crippen MR) is 93.6 cm³/mol. The van der Waals surface area contributed by atoms with Gasteiger partial charge in [0.1, 0.15) is 0 Å². The SMILES string of the molecule is CC1(C(=O)O)CCN(C(=O)CCC(=O)c2ccc3c(c2)CCCC3)C1. The van der Waals surface area contributed by atoms with Crippen molar-refractivity contribution in [2.45, 2.75) is 51.9 Å². The Labute approximate surface area is 148 Å². The first-order valence-corrected chi connectivity index (χ1v) is 9.05. The number of carbonyl (C=O) groups is 3. The molecule has 0 radical (unpaired) electrons. The lowest BCUT2D eigenvalue weighted by atomic mass is 9.89. The van der Waals surface area contributed by atoms with Crippen molar-refractivity contribution in [2.24, 2.45) is 5.41 Å². The van der Waals surface area contributed by atoms with E-state index in [4.69, 9.17) is 0 Å². The van der Waals surface area contributed by atoms with Crippen LogP contribution in [0.3, 0.4) is 0 Å². The summed E-state index contributed by atoms with van der Waals surface area (Å²) in [5, 5.41) is 9.24. The van der Waals surface area contributed by atoms with Crippen LogP contribution in [0.25, 0.3) is 0 Å². The molecule has 0 saturated carbocycles. The van der Waals surface area contributed by atoms with Crippen molar-refractivity contribution in [2.75, 3.05) is 13.1 Å². The molecule has 2 aliphatic rings. The number of likely N-dealkylation sites (tertiary alicyclic amines) is 1. The summed E-state index contributed by atoms with van der Waals surface area (Å²) in [5.74, 6) is -1.01. The van der Waals surface area contributed by atoms with Crippen molar-refractivity contribution >= 4 is 17.7 Å². The van der Waals surface area contributed by atoms with Crippen molar-refractivity contribution in [1.29, 1.82) is 0 Å². The van der Waals surface area contributed by atoms with E-state index in [9.17, 15) is 19.5 Å². The molecule has 5 nitrogen and oxygen atoms in total. The molecule has 3 rings (SSSR count). The number of hydrogen-bond acceptors (Lipinski definition) is 3. The molecule has 25 heavy (non-hydrogen) atoms. The number of aryl methyl sites for hydroxylation is 2. The summed E-state index contributed by atoms with van der Waals surface area (Å²) >= 11 is 0. The van der Waals surface area contributed by atoms with Gasteiger partial charge in [-0.25, -0.2) is 0 Å². The molecule has 0 aromatic heterocycles. The average molecular weight is 343 g/mol. The van der Waals surface area contributed by atoms with Gasteiger partial charge in [-0.1, -0.05) is 12.1 Å². The Morgan fingerprint density at radius 1 is 1.12 bits per heavy atom. The Morgan fingerprint density at radius 2 is 1.84 bits per heavy atom. The van der Waals surface area contributed by atoms with Crippen LogP contribution in [0.5, 0.6) is 0 Å². The number of nitrogens with zero attached hydrogens (tertiary/aromatic N) is 1. The highest BCUT2D eigenvalue weighted by atomic mass is 16.4. The number of carbonyl (C=O) groups excluding carboxylic acids is 2. The largest absolute Gasteiger partial charge is 0.481 e. The number of hydrogen-bond donors (Lipinski definition) is 1. The summed E-state index contributed by atoms with van der Waals surface area (Å²) in [6, 6.07) is 5.90.